The van der Waals surface area contributed by atoms with Gasteiger partial charge < -0.3 is 9.84 Å². The van der Waals surface area contributed by atoms with E-state index in [2.05, 4.69) is 53.6 Å². The summed E-state index contributed by atoms with van der Waals surface area (Å²) in [5, 5.41) is 7.68. The zero-order valence-corrected chi connectivity index (χ0v) is 13.9. The number of hydrogen-bond donors (Lipinski definition) is 1. The molecule has 120 valence electrons. The van der Waals surface area contributed by atoms with Crippen molar-refractivity contribution < 1.29 is 4.52 Å². The number of anilines is 1. The maximum Gasteiger partial charge on any atom is 0.237 e. The minimum atomic E-state index is 0.0859. The van der Waals surface area contributed by atoms with E-state index in [4.69, 9.17) is 4.52 Å². The zero-order chi connectivity index (χ0) is 15.9. The normalized spacial score (nSPS) is 22.3. The molecule has 0 bridgehead atoms. The summed E-state index contributed by atoms with van der Waals surface area (Å²) in [6, 6.07) is 8.54. The van der Waals surface area contributed by atoms with Crippen LogP contribution in [0.5, 0.6) is 0 Å². The van der Waals surface area contributed by atoms with Crippen LogP contribution in [0, 0.1) is 6.92 Å². The largest absolute Gasteiger partial charge is 0.381 e. The molecular formula is C19H23N3O. The van der Waals surface area contributed by atoms with Crippen LogP contribution in [0.15, 0.2) is 39.9 Å². The summed E-state index contributed by atoms with van der Waals surface area (Å²) in [5.41, 5.74) is 5.63. The van der Waals surface area contributed by atoms with Gasteiger partial charge in [-0.2, -0.15) is 4.98 Å². The molecule has 1 fully saturated rings. The molecule has 1 N–H and O–H groups in total. The van der Waals surface area contributed by atoms with Crippen LogP contribution in [-0.2, 0) is 11.8 Å². The van der Waals surface area contributed by atoms with Crippen molar-refractivity contribution in [3.8, 4) is 0 Å². The van der Waals surface area contributed by atoms with Crippen LogP contribution < -0.4 is 5.32 Å². The van der Waals surface area contributed by atoms with Gasteiger partial charge in [0.1, 0.15) is 0 Å². The van der Waals surface area contributed by atoms with Crippen LogP contribution in [0.2, 0.25) is 0 Å². The first-order chi connectivity index (χ1) is 11.2. The highest BCUT2D eigenvalue weighted by atomic mass is 16.5. The summed E-state index contributed by atoms with van der Waals surface area (Å²) < 4.78 is 5.56. The van der Waals surface area contributed by atoms with Crippen molar-refractivity contribution in [3.63, 3.8) is 0 Å². The molecule has 4 rings (SSSR count). The number of nitrogens with one attached hydrogen (secondary N) is 1. The van der Waals surface area contributed by atoms with E-state index in [-0.39, 0.29) is 5.41 Å². The quantitative estimate of drug-likeness (QED) is 0.814. The Labute approximate surface area is 137 Å². The monoisotopic (exact) mass is 309 g/mol. The van der Waals surface area contributed by atoms with Crippen molar-refractivity contribution >= 4 is 5.69 Å². The number of aromatic nitrogens is 2. The Morgan fingerprint density at radius 2 is 2.26 bits per heavy atom. The minimum absolute atomic E-state index is 0.0859. The van der Waals surface area contributed by atoms with Gasteiger partial charge in [-0.3, -0.25) is 0 Å². The first kappa shape index (κ1) is 14.5. The minimum Gasteiger partial charge on any atom is -0.381 e. The lowest BCUT2D eigenvalue weighted by molar-refractivity contribution is 0.343. The Morgan fingerprint density at radius 1 is 1.35 bits per heavy atom. The summed E-state index contributed by atoms with van der Waals surface area (Å²) in [5.74, 6) is 1.70. The SMILES string of the molecule is CCCc1noc(C23CCC(CNc4cccc(C)c4)=C2C3)n1. The van der Waals surface area contributed by atoms with E-state index in [0.29, 0.717) is 0 Å². The average molecular weight is 309 g/mol. The van der Waals surface area contributed by atoms with E-state index < -0.39 is 0 Å². The molecule has 4 heteroatoms. The fraction of sp³-hybridized carbons (Fsp3) is 0.474. The molecule has 0 spiro atoms. The second-order valence-electron chi connectivity index (χ2n) is 6.83. The van der Waals surface area contributed by atoms with Gasteiger partial charge in [-0.15, -0.1) is 0 Å². The molecule has 2 aliphatic rings. The Balaban J connectivity index is 1.46. The summed E-state index contributed by atoms with van der Waals surface area (Å²) >= 11 is 0. The second-order valence-corrected chi connectivity index (χ2v) is 6.83. The first-order valence-electron chi connectivity index (χ1n) is 8.56. The molecule has 2 aliphatic carbocycles. The van der Waals surface area contributed by atoms with Crippen molar-refractivity contribution in [2.24, 2.45) is 0 Å². The number of benzene rings is 1. The van der Waals surface area contributed by atoms with Crippen molar-refractivity contribution in [2.45, 2.75) is 51.4 Å². The van der Waals surface area contributed by atoms with E-state index in [0.717, 1.165) is 50.4 Å². The molecular weight excluding hydrogens is 286 g/mol. The predicted octanol–water partition coefficient (Wildman–Crippen LogP) is 4.17. The van der Waals surface area contributed by atoms with Gasteiger partial charge in [0.2, 0.25) is 5.89 Å². The number of allylic oxidation sites excluding steroid dienone is 1. The molecule has 1 aromatic carbocycles. The molecule has 1 heterocycles. The molecule has 4 nitrogen and oxygen atoms in total. The van der Waals surface area contributed by atoms with E-state index in [1.165, 1.54) is 22.4 Å². The van der Waals surface area contributed by atoms with Gasteiger partial charge in [0.15, 0.2) is 5.82 Å². The summed E-state index contributed by atoms with van der Waals surface area (Å²) in [4.78, 5) is 4.63. The highest BCUT2D eigenvalue weighted by molar-refractivity contribution is 5.54. The number of rotatable bonds is 6. The molecule has 0 saturated heterocycles. The van der Waals surface area contributed by atoms with Gasteiger partial charge in [0.05, 0.1) is 5.41 Å². The Kier molecular flexibility index (Phi) is 3.47. The number of nitrogens with zero attached hydrogens (tertiary/aromatic N) is 2. The van der Waals surface area contributed by atoms with Gasteiger partial charge >= 0.3 is 0 Å². The first-order valence-corrected chi connectivity index (χ1v) is 8.56. The third kappa shape index (κ3) is 2.56. The maximum absolute atomic E-state index is 5.56. The zero-order valence-electron chi connectivity index (χ0n) is 13.9. The van der Waals surface area contributed by atoms with Crippen molar-refractivity contribution in [1.82, 2.24) is 10.1 Å². The predicted molar refractivity (Wildman–Crippen MR) is 90.5 cm³/mol. The smallest absolute Gasteiger partial charge is 0.237 e. The molecule has 1 saturated carbocycles. The molecule has 0 aliphatic heterocycles. The maximum atomic E-state index is 5.56. The fourth-order valence-corrected chi connectivity index (χ4v) is 3.72. The van der Waals surface area contributed by atoms with E-state index >= 15 is 0 Å². The molecule has 1 unspecified atom stereocenters. The van der Waals surface area contributed by atoms with Crippen molar-refractivity contribution in [2.75, 3.05) is 11.9 Å². The molecule has 1 aromatic heterocycles. The third-order valence-corrected chi connectivity index (χ3v) is 5.09. The lowest BCUT2D eigenvalue weighted by Crippen LogP contribution is -2.05. The topological polar surface area (TPSA) is 51.0 Å². The lowest BCUT2D eigenvalue weighted by Gasteiger charge is -2.08. The molecule has 1 atom stereocenters. The van der Waals surface area contributed by atoms with Gasteiger partial charge in [-0.25, -0.2) is 0 Å². The van der Waals surface area contributed by atoms with E-state index in [1.54, 1.807) is 0 Å². The summed E-state index contributed by atoms with van der Waals surface area (Å²) in [7, 11) is 0. The number of aryl methyl sites for hydroxylation is 2. The van der Waals surface area contributed by atoms with Crippen molar-refractivity contribution in [1.29, 1.82) is 0 Å². The Morgan fingerprint density at radius 3 is 3.04 bits per heavy atom. The molecule has 0 radical (unpaired) electrons. The highest BCUT2D eigenvalue weighted by Gasteiger charge is 2.58. The fourth-order valence-electron chi connectivity index (χ4n) is 3.72. The van der Waals surface area contributed by atoms with Crippen LogP contribution in [0.4, 0.5) is 5.69 Å². The number of fused-ring (bicyclic) bond motifs is 1. The second kappa shape index (κ2) is 5.52. The van der Waals surface area contributed by atoms with E-state index in [1.807, 2.05) is 0 Å². The molecule has 0 amide bonds. The highest BCUT2D eigenvalue weighted by Crippen LogP contribution is 2.63. The van der Waals surface area contributed by atoms with Crippen molar-refractivity contribution in [3.05, 3.63) is 52.7 Å². The number of hydrogen-bond acceptors (Lipinski definition) is 4. The Hall–Kier alpha value is -2.10. The van der Waals surface area contributed by atoms with Gasteiger partial charge in [0.25, 0.3) is 0 Å². The van der Waals surface area contributed by atoms with Crippen LogP contribution >= 0.6 is 0 Å². The van der Waals surface area contributed by atoms with Gasteiger partial charge in [-0.05, 0) is 50.3 Å². The summed E-state index contributed by atoms with van der Waals surface area (Å²) in [6.45, 7) is 5.19. The van der Waals surface area contributed by atoms with Gasteiger partial charge in [0, 0.05) is 18.7 Å². The Bertz CT molecular complexity index is 761. The van der Waals surface area contributed by atoms with Gasteiger partial charge in [-0.1, -0.05) is 35.4 Å². The molecule has 2 aromatic rings. The summed E-state index contributed by atoms with van der Waals surface area (Å²) in [6.07, 6.45) is 5.33. The average Bonchev–Trinajstić information content (AvgIpc) is 2.91. The van der Waals surface area contributed by atoms with Crippen LogP contribution in [0.25, 0.3) is 0 Å². The van der Waals surface area contributed by atoms with Crippen LogP contribution in [-0.4, -0.2) is 16.7 Å². The third-order valence-electron chi connectivity index (χ3n) is 5.09. The van der Waals surface area contributed by atoms with Crippen LogP contribution in [0.3, 0.4) is 0 Å². The standard InChI is InChI=1S/C19H23N3O/c1-3-5-17-21-18(23-22-17)19-9-8-14(16(19)11-19)12-20-15-7-4-6-13(2)10-15/h4,6-7,10,20H,3,5,8-9,11-12H2,1-2H3. The van der Waals surface area contributed by atoms with Crippen LogP contribution in [0.1, 0.15) is 49.9 Å². The molecule has 23 heavy (non-hydrogen) atoms. The van der Waals surface area contributed by atoms with E-state index in [9.17, 15) is 0 Å². The lowest BCUT2D eigenvalue weighted by atomic mass is 10.0.